The number of pyridine rings is 1. The zero-order chi connectivity index (χ0) is 23.7. The standard InChI is InChI=1S/C27H27N3O4/c1-17-15-24(31)29-22-13-7-8-14-23(22)30(17)25(32)16-34-27(33)26-18-9-3-2-4-11-20(18)28-21-12-6-5-10-19(21)26/h5-8,10,12-14,17H,2-4,9,11,15-16H2,1H3,(H,29,31). The van der Waals surface area contributed by atoms with Crippen LogP contribution >= 0.6 is 0 Å². The predicted octanol–water partition coefficient (Wildman–Crippen LogP) is 4.42. The Balaban J connectivity index is 1.43. The maximum atomic E-state index is 13.4. The van der Waals surface area contributed by atoms with Gasteiger partial charge in [-0.05, 0) is 56.4 Å². The molecule has 7 nitrogen and oxygen atoms in total. The van der Waals surface area contributed by atoms with Crippen LogP contribution in [-0.4, -0.2) is 35.4 Å². The van der Waals surface area contributed by atoms with E-state index in [1.54, 1.807) is 23.1 Å². The molecule has 0 bridgehead atoms. The number of benzene rings is 2. The Morgan fingerprint density at radius 2 is 1.82 bits per heavy atom. The normalized spacial score (nSPS) is 17.7. The van der Waals surface area contributed by atoms with E-state index in [1.807, 2.05) is 37.3 Å². The number of rotatable bonds is 3. The minimum absolute atomic E-state index is 0.154. The smallest absolute Gasteiger partial charge is 0.339 e. The van der Waals surface area contributed by atoms with Gasteiger partial charge in [-0.1, -0.05) is 36.8 Å². The van der Waals surface area contributed by atoms with E-state index in [0.29, 0.717) is 16.9 Å². The number of esters is 1. The lowest BCUT2D eigenvalue weighted by Crippen LogP contribution is -2.41. The number of hydrogen-bond acceptors (Lipinski definition) is 5. The molecule has 2 heterocycles. The van der Waals surface area contributed by atoms with E-state index in [4.69, 9.17) is 9.72 Å². The first-order chi connectivity index (χ1) is 16.5. The molecule has 174 valence electrons. The second-order valence-corrected chi connectivity index (χ2v) is 8.95. The third-order valence-electron chi connectivity index (χ3n) is 6.58. The Bertz CT molecular complexity index is 1290. The molecule has 3 aromatic rings. The van der Waals surface area contributed by atoms with Crippen molar-refractivity contribution in [3.05, 3.63) is 65.4 Å². The quantitative estimate of drug-likeness (QED) is 0.464. The first kappa shape index (κ1) is 22.1. The van der Waals surface area contributed by atoms with Crippen LogP contribution in [0.2, 0.25) is 0 Å². The average Bonchev–Trinajstić information content (AvgIpc) is 3.13. The average molecular weight is 458 g/mol. The highest BCUT2D eigenvalue weighted by Gasteiger charge is 2.31. The van der Waals surface area contributed by atoms with Gasteiger partial charge < -0.3 is 15.0 Å². The summed E-state index contributed by atoms with van der Waals surface area (Å²) in [5, 5.41) is 3.59. The third kappa shape index (κ3) is 4.14. The third-order valence-corrected chi connectivity index (χ3v) is 6.58. The van der Waals surface area contributed by atoms with Crippen LogP contribution in [-0.2, 0) is 27.2 Å². The van der Waals surface area contributed by atoms with Crippen molar-refractivity contribution in [3.63, 3.8) is 0 Å². The number of fused-ring (bicyclic) bond motifs is 3. The number of ether oxygens (including phenoxy) is 1. The summed E-state index contributed by atoms with van der Waals surface area (Å²) >= 11 is 0. The number of para-hydroxylation sites is 3. The van der Waals surface area contributed by atoms with Gasteiger partial charge in [0, 0.05) is 23.5 Å². The van der Waals surface area contributed by atoms with Gasteiger partial charge in [0.15, 0.2) is 6.61 Å². The van der Waals surface area contributed by atoms with E-state index < -0.39 is 12.6 Å². The highest BCUT2D eigenvalue weighted by atomic mass is 16.5. The van der Waals surface area contributed by atoms with Crippen LogP contribution in [0.3, 0.4) is 0 Å². The minimum atomic E-state index is -0.505. The van der Waals surface area contributed by atoms with Gasteiger partial charge >= 0.3 is 5.97 Å². The largest absolute Gasteiger partial charge is 0.452 e. The van der Waals surface area contributed by atoms with Crippen LogP contribution in [0, 0.1) is 0 Å². The molecule has 0 saturated heterocycles. The van der Waals surface area contributed by atoms with E-state index in [2.05, 4.69) is 5.32 Å². The molecule has 1 aliphatic carbocycles. The zero-order valence-corrected chi connectivity index (χ0v) is 19.2. The summed E-state index contributed by atoms with van der Waals surface area (Å²) in [6.45, 7) is 1.41. The lowest BCUT2D eigenvalue weighted by Gasteiger charge is -2.27. The number of anilines is 2. The summed E-state index contributed by atoms with van der Waals surface area (Å²) in [4.78, 5) is 45.3. The molecule has 0 radical (unpaired) electrons. The van der Waals surface area contributed by atoms with Gasteiger partial charge in [-0.25, -0.2) is 4.79 Å². The molecule has 7 heteroatoms. The fourth-order valence-corrected chi connectivity index (χ4v) is 5.02. The monoisotopic (exact) mass is 457 g/mol. The summed E-state index contributed by atoms with van der Waals surface area (Å²) in [7, 11) is 0. The van der Waals surface area contributed by atoms with Crippen molar-refractivity contribution in [2.45, 2.75) is 51.5 Å². The highest BCUT2D eigenvalue weighted by Crippen LogP contribution is 2.32. The molecule has 1 N–H and O–H groups in total. The van der Waals surface area contributed by atoms with Crippen molar-refractivity contribution < 1.29 is 19.1 Å². The van der Waals surface area contributed by atoms with Gasteiger partial charge in [-0.15, -0.1) is 0 Å². The molecule has 2 aliphatic rings. The highest BCUT2D eigenvalue weighted by molar-refractivity contribution is 6.08. The van der Waals surface area contributed by atoms with Gasteiger partial charge in [-0.3, -0.25) is 14.6 Å². The fraction of sp³-hybridized carbons (Fsp3) is 0.333. The number of hydrogen-bond donors (Lipinski definition) is 1. The molecule has 1 unspecified atom stereocenters. The molecule has 2 aromatic carbocycles. The van der Waals surface area contributed by atoms with Gasteiger partial charge in [0.1, 0.15) is 0 Å². The Hall–Kier alpha value is -3.74. The molecule has 0 saturated carbocycles. The molecular formula is C27H27N3O4. The molecule has 34 heavy (non-hydrogen) atoms. The molecule has 2 amide bonds. The number of nitrogens with zero attached hydrogens (tertiary/aromatic N) is 2. The van der Waals surface area contributed by atoms with E-state index in [1.165, 1.54) is 0 Å². The number of carbonyl (C=O) groups is 3. The summed E-state index contributed by atoms with van der Waals surface area (Å²) in [5.41, 5.74) is 4.36. The Morgan fingerprint density at radius 1 is 1.06 bits per heavy atom. The maximum Gasteiger partial charge on any atom is 0.339 e. The molecule has 1 aliphatic heterocycles. The second-order valence-electron chi connectivity index (χ2n) is 8.95. The van der Waals surface area contributed by atoms with Gasteiger partial charge in [0.05, 0.1) is 22.5 Å². The van der Waals surface area contributed by atoms with Crippen molar-refractivity contribution >= 4 is 40.1 Å². The van der Waals surface area contributed by atoms with Crippen LogP contribution in [0.25, 0.3) is 10.9 Å². The minimum Gasteiger partial charge on any atom is -0.452 e. The van der Waals surface area contributed by atoms with Crippen molar-refractivity contribution in [1.82, 2.24) is 4.98 Å². The number of carbonyl (C=O) groups excluding carboxylic acids is 3. The van der Waals surface area contributed by atoms with Gasteiger partial charge in [0.2, 0.25) is 5.91 Å². The Kier molecular flexibility index (Phi) is 6.01. The number of aryl methyl sites for hydroxylation is 1. The van der Waals surface area contributed by atoms with Crippen LogP contribution in [0.4, 0.5) is 11.4 Å². The second kappa shape index (κ2) is 9.25. The van der Waals surface area contributed by atoms with Crippen molar-refractivity contribution in [1.29, 1.82) is 0 Å². The van der Waals surface area contributed by atoms with Crippen LogP contribution < -0.4 is 10.2 Å². The van der Waals surface area contributed by atoms with Crippen LogP contribution in [0.1, 0.15) is 54.2 Å². The first-order valence-corrected chi connectivity index (χ1v) is 11.8. The summed E-state index contributed by atoms with van der Waals surface area (Å²) in [5.74, 6) is -1.03. The van der Waals surface area contributed by atoms with Gasteiger partial charge in [0.25, 0.3) is 5.91 Å². The SMILES string of the molecule is CC1CC(=O)Nc2ccccc2N1C(=O)COC(=O)c1c2c(nc3ccccc13)CCCCC2. The molecule has 0 spiro atoms. The number of amides is 2. The zero-order valence-electron chi connectivity index (χ0n) is 19.2. The van der Waals surface area contributed by atoms with Crippen molar-refractivity contribution in [2.75, 3.05) is 16.8 Å². The predicted molar refractivity (Wildman–Crippen MR) is 130 cm³/mol. The van der Waals surface area contributed by atoms with E-state index >= 15 is 0 Å². The molecule has 0 fully saturated rings. The molecule has 1 aromatic heterocycles. The van der Waals surface area contributed by atoms with Crippen LogP contribution in [0.5, 0.6) is 0 Å². The first-order valence-electron chi connectivity index (χ1n) is 11.8. The number of nitrogens with one attached hydrogen (secondary N) is 1. The van der Waals surface area contributed by atoms with Gasteiger partial charge in [-0.2, -0.15) is 0 Å². The molecular weight excluding hydrogens is 430 g/mol. The summed E-state index contributed by atoms with van der Waals surface area (Å²) < 4.78 is 5.63. The van der Waals surface area contributed by atoms with E-state index in [9.17, 15) is 14.4 Å². The fourth-order valence-electron chi connectivity index (χ4n) is 5.02. The van der Waals surface area contributed by atoms with Crippen molar-refractivity contribution in [3.8, 4) is 0 Å². The Morgan fingerprint density at radius 3 is 2.71 bits per heavy atom. The van der Waals surface area contributed by atoms with Crippen molar-refractivity contribution in [2.24, 2.45) is 0 Å². The van der Waals surface area contributed by atoms with E-state index in [-0.39, 0.29) is 24.3 Å². The lowest BCUT2D eigenvalue weighted by molar-refractivity contribution is -0.122. The number of aromatic nitrogens is 1. The maximum absolute atomic E-state index is 13.4. The summed E-state index contributed by atoms with van der Waals surface area (Å²) in [6, 6.07) is 14.4. The topological polar surface area (TPSA) is 88.6 Å². The van der Waals surface area contributed by atoms with Crippen LogP contribution in [0.15, 0.2) is 48.5 Å². The summed E-state index contributed by atoms with van der Waals surface area (Å²) in [6.07, 6.45) is 4.91. The van der Waals surface area contributed by atoms with E-state index in [0.717, 1.165) is 54.3 Å². The molecule has 5 rings (SSSR count). The Labute approximate surface area is 198 Å². The molecule has 1 atom stereocenters. The lowest BCUT2D eigenvalue weighted by atomic mass is 9.97.